The molecule has 10 heteroatoms. The molecular weight excluding hydrogens is 424 g/mol. The number of aromatic nitrogens is 3. The quantitative estimate of drug-likeness (QED) is 0.379. The van der Waals surface area contributed by atoms with E-state index in [9.17, 15) is 22.8 Å². The molecule has 0 fully saturated rings. The minimum atomic E-state index is -4.84. The first-order valence-electron chi connectivity index (χ1n) is 8.37. The van der Waals surface area contributed by atoms with E-state index in [0.29, 0.717) is 4.68 Å². The maximum Gasteiger partial charge on any atom is 0.434 e. The summed E-state index contributed by atoms with van der Waals surface area (Å²) in [4.78, 5) is 0. The summed E-state index contributed by atoms with van der Waals surface area (Å²) < 4.78 is 61.6. The molecule has 0 atom stereocenters. The molecule has 0 saturated carbocycles. The van der Waals surface area contributed by atoms with Gasteiger partial charge in [-0.1, -0.05) is 35.0 Å². The molecule has 0 amide bonds. The number of para-hydroxylation sites is 1. The molecule has 30 heavy (non-hydrogen) atoms. The van der Waals surface area contributed by atoms with Crippen LogP contribution in [0.3, 0.4) is 0 Å². The zero-order valence-corrected chi connectivity index (χ0v) is 15.5. The average Bonchev–Trinajstić information content (AvgIpc) is 3.34. The summed E-state index contributed by atoms with van der Waals surface area (Å²) in [5.41, 5.74) is -1.77. The number of hydrogen-bond donors (Lipinski definition) is 0. The van der Waals surface area contributed by atoms with Crippen LogP contribution < -0.4 is 0 Å². The van der Waals surface area contributed by atoms with Crippen molar-refractivity contribution < 1.29 is 22.1 Å². The first kappa shape index (κ1) is 19.7. The lowest BCUT2D eigenvalue weighted by Gasteiger charge is -2.12. The third kappa shape index (κ3) is 3.31. The molecule has 4 rings (SSSR count). The van der Waals surface area contributed by atoms with Crippen molar-refractivity contribution in [2.75, 3.05) is 0 Å². The zero-order chi connectivity index (χ0) is 21.5. The van der Waals surface area contributed by atoms with Gasteiger partial charge in [-0.05, 0) is 24.3 Å². The van der Waals surface area contributed by atoms with E-state index in [1.807, 2.05) is 6.07 Å². The van der Waals surface area contributed by atoms with Gasteiger partial charge in [0, 0.05) is 6.07 Å². The lowest BCUT2D eigenvalue weighted by Crippen LogP contribution is -2.15. The Hall–Kier alpha value is -3.64. The third-order valence-corrected chi connectivity index (χ3v) is 4.60. The van der Waals surface area contributed by atoms with Crippen LogP contribution in [0.4, 0.5) is 17.6 Å². The highest BCUT2D eigenvalue weighted by Gasteiger charge is 2.40. The molecule has 150 valence electrons. The van der Waals surface area contributed by atoms with Crippen LogP contribution in [0.1, 0.15) is 11.3 Å². The van der Waals surface area contributed by atoms with Gasteiger partial charge < -0.3 is 4.52 Å². The fourth-order valence-corrected chi connectivity index (χ4v) is 3.26. The third-order valence-electron chi connectivity index (χ3n) is 4.28. The van der Waals surface area contributed by atoms with Gasteiger partial charge in [0.05, 0.1) is 33.6 Å². The van der Waals surface area contributed by atoms with Gasteiger partial charge >= 0.3 is 6.18 Å². The normalized spacial score (nSPS) is 11.5. The molecule has 0 N–H and O–H groups in total. The predicted molar refractivity (Wildman–Crippen MR) is 99.2 cm³/mol. The molecule has 0 aliphatic rings. The van der Waals surface area contributed by atoms with Gasteiger partial charge in [0.15, 0.2) is 11.5 Å². The topological polar surface area (TPSA) is 67.6 Å². The summed E-state index contributed by atoms with van der Waals surface area (Å²) in [6.45, 7) is 0. The van der Waals surface area contributed by atoms with Crippen LogP contribution in [0.15, 0.2) is 59.3 Å². The summed E-state index contributed by atoms with van der Waals surface area (Å²) in [6.07, 6.45) is -3.89. The first-order chi connectivity index (χ1) is 14.3. The summed E-state index contributed by atoms with van der Waals surface area (Å²) in [6, 6.07) is 12.7. The number of alkyl halides is 3. The molecule has 0 saturated heterocycles. The highest BCUT2D eigenvalue weighted by Crippen LogP contribution is 2.40. The second-order valence-electron chi connectivity index (χ2n) is 6.12. The summed E-state index contributed by atoms with van der Waals surface area (Å²) in [5, 5.41) is 16.7. The molecule has 0 bridgehead atoms. The van der Waals surface area contributed by atoms with E-state index in [1.165, 1.54) is 36.4 Å². The zero-order valence-electron chi connectivity index (χ0n) is 14.8. The second kappa shape index (κ2) is 7.31. The summed E-state index contributed by atoms with van der Waals surface area (Å²) in [5.74, 6) is -0.977. The average molecular weight is 433 g/mol. The van der Waals surface area contributed by atoms with Crippen LogP contribution in [0.5, 0.6) is 0 Å². The van der Waals surface area contributed by atoms with Crippen LogP contribution in [0.2, 0.25) is 5.02 Å². The van der Waals surface area contributed by atoms with E-state index in [2.05, 4.69) is 10.3 Å². The molecule has 0 spiro atoms. The number of nitrogens with zero attached hydrogens (tertiary/aromatic N) is 4. The van der Waals surface area contributed by atoms with E-state index in [1.54, 1.807) is 0 Å². The fraction of sp³-hybridized carbons (Fsp3) is 0.0500. The predicted octanol–water partition coefficient (Wildman–Crippen LogP) is 5.88. The number of halogens is 5. The van der Waals surface area contributed by atoms with Gasteiger partial charge in [0.1, 0.15) is 17.6 Å². The second-order valence-corrected chi connectivity index (χ2v) is 6.53. The van der Waals surface area contributed by atoms with Crippen molar-refractivity contribution in [2.24, 2.45) is 0 Å². The standard InChI is InChI=1S/C20H9ClF4N4O/c21-13-5-3-6-14(22)18(13)15-8-17(30-28-15)12-10-27-29(19(12)20(23,24)25)16-7-2-1-4-11(16)9-26/h1-8,10H. The Bertz CT molecular complexity index is 1270. The van der Waals surface area contributed by atoms with Crippen molar-refractivity contribution in [3.8, 4) is 34.3 Å². The molecule has 2 aromatic heterocycles. The van der Waals surface area contributed by atoms with Gasteiger partial charge in [-0.25, -0.2) is 9.07 Å². The van der Waals surface area contributed by atoms with Crippen LogP contribution >= 0.6 is 11.6 Å². The highest BCUT2D eigenvalue weighted by molar-refractivity contribution is 6.33. The van der Waals surface area contributed by atoms with Crippen molar-refractivity contribution in [1.82, 2.24) is 14.9 Å². The van der Waals surface area contributed by atoms with Crippen LogP contribution in [0, 0.1) is 17.1 Å². The Morgan fingerprint density at radius 1 is 1.10 bits per heavy atom. The van der Waals surface area contributed by atoms with Crippen molar-refractivity contribution >= 4 is 11.6 Å². The molecule has 0 unspecified atom stereocenters. The molecule has 0 aliphatic heterocycles. The molecule has 2 aromatic carbocycles. The van der Waals surface area contributed by atoms with Crippen molar-refractivity contribution in [3.63, 3.8) is 0 Å². The van der Waals surface area contributed by atoms with Crippen molar-refractivity contribution in [1.29, 1.82) is 5.26 Å². The molecule has 5 nitrogen and oxygen atoms in total. The lowest BCUT2D eigenvalue weighted by molar-refractivity contribution is -0.142. The van der Waals surface area contributed by atoms with Crippen LogP contribution in [0.25, 0.3) is 28.3 Å². The van der Waals surface area contributed by atoms with Gasteiger partial charge in [-0.2, -0.15) is 23.5 Å². The smallest absolute Gasteiger partial charge is 0.356 e. The number of rotatable bonds is 3. The molecular formula is C20H9ClF4N4O. The largest absolute Gasteiger partial charge is 0.434 e. The van der Waals surface area contributed by atoms with E-state index in [0.717, 1.165) is 18.3 Å². The Kier molecular flexibility index (Phi) is 4.79. The van der Waals surface area contributed by atoms with Crippen LogP contribution in [-0.4, -0.2) is 14.9 Å². The van der Waals surface area contributed by atoms with Gasteiger partial charge in [-0.15, -0.1) is 0 Å². The molecule has 4 aromatic rings. The van der Waals surface area contributed by atoms with Gasteiger partial charge in [-0.3, -0.25) is 0 Å². The minimum absolute atomic E-state index is 0.00838. The van der Waals surface area contributed by atoms with E-state index < -0.39 is 23.3 Å². The Morgan fingerprint density at radius 2 is 1.87 bits per heavy atom. The van der Waals surface area contributed by atoms with Crippen molar-refractivity contribution in [2.45, 2.75) is 6.18 Å². The molecule has 2 heterocycles. The van der Waals surface area contributed by atoms with E-state index >= 15 is 0 Å². The first-order valence-corrected chi connectivity index (χ1v) is 8.75. The van der Waals surface area contributed by atoms with E-state index in [-0.39, 0.29) is 33.3 Å². The van der Waals surface area contributed by atoms with Crippen molar-refractivity contribution in [3.05, 3.63) is 76.8 Å². The fourth-order valence-electron chi connectivity index (χ4n) is 3.00. The molecule has 0 aliphatic carbocycles. The summed E-state index contributed by atoms with van der Waals surface area (Å²) in [7, 11) is 0. The number of hydrogen-bond acceptors (Lipinski definition) is 4. The maximum absolute atomic E-state index is 14.1. The van der Waals surface area contributed by atoms with Gasteiger partial charge in [0.2, 0.25) is 0 Å². The number of nitriles is 1. The number of benzene rings is 2. The van der Waals surface area contributed by atoms with Gasteiger partial charge in [0.25, 0.3) is 0 Å². The Morgan fingerprint density at radius 3 is 2.57 bits per heavy atom. The SMILES string of the molecule is N#Cc1ccccc1-n1ncc(-c2cc(-c3c(F)cccc3Cl)no2)c1C(F)(F)F. The van der Waals surface area contributed by atoms with Crippen LogP contribution in [-0.2, 0) is 6.18 Å². The highest BCUT2D eigenvalue weighted by atomic mass is 35.5. The summed E-state index contributed by atoms with van der Waals surface area (Å²) >= 11 is 5.99. The van der Waals surface area contributed by atoms with E-state index in [4.69, 9.17) is 16.1 Å². The Labute approximate surface area is 171 Å². The lowest BCUT2D eigenvalue weighted by atomic mass is 10.1. The monoisotopic (exact) mass is 432 g/mol. The minimum Gasteiger partial charge on any atom is -0.356 e. The maximum atomic E-state index is 14.1. The molecule has 0 radical (unpaired) electrons. The Balaban J connectivity index is 1.89.